The summed E-state index contributed by atoms with van der Waals surface area (Å²) in [6.45, 7) is 0. The molecule has 3 aromatic carbocycles. The molecule has 1 aliphatic heterocycles. The highest BCUT2D eigenvalue weighted by Crippen LogP contribution is 2.52. The van der Waals surface area contributed by atoms with Crippen molar-refractivity contribution in [3.63, 3.8) is 0 Å². The second kappa shape index (κ2) is 9.39. The van der Waals surface area contributed by atoms with Gasteiger partial charge in [-0.15, -0.1) is 0 Å². The average molecular weight is 511 g/mol. The molecule has 0 amide bonds. The van der Waals surface area contributed by atoms with Crippen molar-refractivity contribution < 1.29 is 27.0 Å². The molecule has 3 atom stereocenters. The molecule has 2 aliphatic rings. The first-order valence-electron chi connectivity index (χ1n) is 11.5. The highest BCUT2D eigenvalue weighted by molar-refractivity contribution is 7.92. The van der Waals surface area contributed by atoms with Gasteiger partial charge in [-0.05, 0) is 78.1 Å². The van der Waals surface area contributed by atoms with Gasteiger partial charge in [0.2, 0.25) is 5.75 Å². The molecule has 5 rings (SSSR count). The van der Waals surface area contributed by atoms with E-state index in [1.807, 2.05) is 12.1 Å². The van der Waals surface area contributed by atoms with Crippen LogP contribution in [0.25, 0.3) is 0 Å². The fraction of sp³-hybridized carbons (Fsp3) is 0.259. The quantitative estimate of drug-likeness (QED) is 0.410. The Balaban J connectivity index is 1.50. The summed E-state index contributed by atoms with van der Waals surface area (Å²) in [5, 5.41) is 3.61. The van der Waals surface area contributed by atoms with E-state index in [2.05, 4.69) is 22.2 Å². The van der Waals surface area contributed by atoms with Crippen LogP contribution >= 0.6 is 0 Å². The number of hydrogen-bond acceptors (Lipinski definition) is 6. The van der Waals surface area contributed by atoms with Crippen molar-refractivity contribution >= 4 is 21.4 Å². The molecule has 0 fully saturated rings. The topological polar surface area (TPSA) is 85.9 Å². The molecule has 0 radical (unpaired) electrons. The van der Waals surface area contributed by atoms with Gasteiger partial charge in [0.25, 0.3) is 10.0 Å². The van der Waals surface area contributed by atoms with Crippen LogP contribution in [0.2, 0.25) is 0 Å². The third kappa shape index (κ3) is 4.24. The van der Waals surface area contributed by atoms with Gasteiger partial charge in [-0.25, -0.2) is 12.8 Å². The molecule has 0 bridgehead atoms. The number of ether oxygens (including phenoxy) is 3. The number of benzene rings is 3. The third-order valence-corrected chi connectivity index (χ3v) is 8.17. The van der Waals surface area contributed by atoms with Crippen molar-refractivity contribution in [2.45, 2.75) is 23.3 Å². The second-order valence-electron chi connectivity index (χ2n) is 8.80. The van der Waals surface area contributed by atoms with Gasteiger partial charge in [-0.3, -0.25) is 4.72 Å². The van der Waals surface area contributed by atoms with Crippen LogP contribution in [0.15, 0.2) is 71.6 Å². The van der Waals surface area contributed by atoms with E-state index in [0.717, 1.165) is 23.2 Å². The molecule has 188 valence electrons. The normalized spacial score (nSPS) is 20.2. The Bertz CT molecular complexity index is 1400. The highest BCUT2D eigenvalue weighted by Gasteiger charge is 2.39. The minimum absolute atomic E-state index is 0.0336. The van der Waals surface area contributed by atoms with Crippen molar-refractivity contribution in [3.8, 4) is 17.2 Å². The zero-order valence-electron chi connectivity index (χ0n) is 20.1. The van der Waals surface area contributed by atoms with Gasteiger partial charge in [-0.2, -0.15) is 0 Å². The third-order valence-electron chi connectivity index (χ3n) is 6.79. The Morgan fingerprint density at radius 3 is 2.28 bits per heavy atom. The fourth-order valence-electron chi connectivity index (χ4n) is 5.08. The Kier molecular flexibility index (Phi) is 6.26. The van der Waals surface area contributed by atoms with Gasteiger partial charge in [0.15, 0.2) is 11.5 Å². The van der Waals surface area contributed by atoms with Gasteiger partial charge in [0.05, 0.1) is 32.3 Å². The second-order valence-corrected chi connectivity index (χ2v) is 10.5. The first-order chi connectivity index (χ1) is 17.3. The van der Waals surface area contributed by atoms with Crippen LogP contribution in [-0.2, 0) is 10.0 Å². The van der Waals surface area contributed by atoms with Crippen LogP contribution in [0.3, 0.4) is 0 Å². The molecule has 0 unspecified atom stereocenters. The van der Waals surface area contributed by atoms with Crippen LogP contribution in [0, 0.1) is 11.7 Å². The van der Waals surface area contributed by atoms with E-state index in [9.17, 15) is 12.8 Å². The van der Waals surface area contributed by atoms with Gasteiger partial charge >= 0.3 is 0 Å². The van der Waals surface area contributed by atoms with E-state index in [1.54, 1.807) is 39.5 Å². The van der Waals surface area contributed by atoms with Crippen molar-refractivity contribution in [1.82, 2.24) is 0 Å². The maximum atomic E-state index is 13.2. The Labute approximate surface area is 209 Å². The molecule has 2 N–H and O–H groups in total. The standard InChI is InChI=1S/C27H27FN2O5S/c1-33-24-13-16(14-25(34-2)27(24)35-3)26-21-6-4-5-20(21)22-15-19(11-12-23(22)29-26)36(31,32)30-18-9-7-17(28)8-10-18/h4-5,7-15,20-21,26,29-30H,6H2,1-3H3/t20-,21+,26+/m0/s1. The summed E-state index contributed by atoms with van der Waals surface area (Å²) in [5.74, 6) is 1.46. The van der Waals surface area contributed by atoms with Crippen molar-refractivity contribution in [2.75, 3.05) is 31.4 Å². The Morgan fingerprint density at radius 2 is 1.64 bits per heavy atom. The summed E-state index contributed by atoms with van der Waals surface area (Å²) in [6.07, 6.45) is 5.11. The minimum Gasteiger partial charge on any atom is -0.493 e. The van der Waals surface area contributed by atoms with E-state index >= 15 is 0 Å². The number of sulfonamides is 1. The predicted molar refractivity (Wildman–Crippen MR) is 136 cm³/mol. The van der Waals surface area contributed by atoms with E-state index in [4.69, 9.17) is 14.2 Å². The van der Waals surface area contributed by atoms with Gasteiger partial charge in [0, 0.05) is 17.3 Å². The van der Waals surface area contributed by atoms with Gasteiger partial charge in [0.1, 0.15) is 5.82 Å². The van der Waals surface area contributed by atoms with Gasteiger partial charge < -0.3 is 19.5 Å². The van der Waals surface area contributed by atoms with Crippen LogP contribution in [-0.4, -0.2) is 29.7 Å². The van der Waals surface area contributed by atoms with Crippen molar-refractivity contribution in [1.29, 1.82) is 0 Å². The fourth-order valence-corrected chi connectivity index (χ4v) is 6.18. The molecule has 1 heterocycles. The number of nitrogens with one attached hydrogen (secondary N) is 2. The molecule has 0 saturated carbocycles. The van der Waals surface area contributed by atoms with Crippen LogP contribution < -0.4 is 24.2 Å². The number of allylic oxidation sites excluding steroid dienone is 2. The number of methoxy groups -OCH3 is 3. The lowest BCUT2D eigenvalue weighted by molar-refractivity contribution is 0.322. The lowest BCUT2D eigenvalue weighted by Gasteiger charge is -2.38. The molecule has 7 nitrogen and oxygen atoms in total. The maximum absolute atomic E-state index is 13.2. The van der Waals surface area contributed by atoms with E-state index < -0.39 is 15.8 Å². The largest absolute Gasteiger partial charge is 0.493 e. The summed E-state index contributed by atoms with van der Waals surface area (Å²) in [7, 11) is 0.901. The predicted octanol–water partition coefficient (Wildman–Crippen LogP) is 5.48. The molecule has 0 saturated heterocycles. The smallest absolute Gasteiger partial charge is 0.261 e. The molecule has 1 aliphatic carbocycles. The lowest BCUT2D eigenvalue weighted by Crippen LogP contribution is -2.29. The molecular weight excluding hydrogens is 483 g/mol. The number of anilines is 2. The number of halogens is 1. The zero-order chi connectivity index (χ0) is 25.4. The van der Waals surface area contributed by atoms with Crippen LogP contribution in [0.1, 0.15) is 29.5 Å². The number of rotatable bonds is 7. The Hall–Kier alpha value is -3.72. The zero-order valence-corrected chi connectivity index (χ0v) is 20.9. The van der Waals surface area contributed by atoms with Crippen LogP contribution in [0.4, 0.5) is 15.8 Å². The van der Waals surface area contributed by atoms with Gasteiger partial charge in [-0.1, -0.05) is 12.2 Å². The number of hydrogen-bond donors (Lipinski definition) is 2. The summed E-state index contributed by atoms with van der Waals surface area (Å²) in [6, 6.07) is 14.1. The minimum atomic E-state index is -3.85. The van der Waals surface area contributed by atoms with E-state index in [-0.39, 0.29) is 22.8 Å². The molecule has 0 spiro atoms. The summed E-state index contributed by atoms with van der Waals surface area (Å²) in [4.78, 5) is 0.151. The molecular formula is C27H27FN2O5S. The first-order valence-corrected chi connectivity index (χ1v) is 13.0. The number of fused-ring (bicyclic) bond motifs is 3. The summed E-state index contributed by atoms with van der Waals surface area (Å²) >= 11 is 0. The monoisotopic (exact) mass is 510 g/mol. The van der Waals surface area contributed by atoms with E-state index in [0.29, 0.717) is 22.9 Å². The summed E-state index contributed by atoms with van der Waals surface area (Å²) < 4.78 is 58.5. The molecule has 36 heavy (non-hydrogen) atoms. The average Bonchev–Trinajstić information content (AvgIpc) is 3.38. The molecule has 3 aromatic rings. The van der Waals surface area contributed by atoms with E-state index in [1.165, 1.54) is 24.3 Å². The highest BCUT2D eigenvalue weighted by atomic mass is 32.2. The first kappa shape index (κ1) is 24.0. The Morgan fingerprint density at radius 1 is 0.944 bits per heavy atom. The van der Waals surface area contributed by atoms with Crippen molar-refractivity contribution in [3.05, 3.63) is 83.7 Å². The lowest BCUT2D eigenvalue weighted by atomic mass is 9.77. The van der Waals surface area contributed by atoms with Crippen molar-refractivity contribution in [2.24, 2.45) is 5.92 Å². The SMILES string of the molecule is COc1cc([C@H]2Nc3ccc(S(=O)(=O)Nc4ccc(F)cc4)cc3[C@H]3C=CC[C@H]32)cc(OC)c1OC. The van der Waals surface area contributed by atoms with Crippen LogP contribution in [0.5, 0.6) is 17.2 Å². The molecule has 9 heteroatoms. The molecule has 0 aromatic heterocycles. The summed E-state index contributed by atoms with van der Waals surface area (Å²) in [5.41, 5.74) is 3.07. The maximum Gasteiger partial charge on any atom is 0.261 e.